The molecule has 0 aromatic heterocycles. The van der Waals surface area contributed by atoms with Crippen LogP contribution >= 0.6 is 0 Å². The maximum Gasteiger partial charge on any atom is 0.245 e. The Morgan fingerprint density at radius 2 is 2.11 bits per heavy atom. The average molecular weight is 245 g/mol. The van der Waals surface area contributed by atoms with E-state index in [2.05, 4.69) is 16.7 Å². The highest BCUT2D eigenvalue weighted by atomic mass is 16.2. The van der Waals surface area contributed by atoms with Crippen LogP contribution in [0.3, 0.4) is 0 Å². The van der Waals surface area contributed by atoms with Gasteiger partial charge in [0.25, 0.3) is 0 Å². The van der Waals surface area contributed by atoms with Crippen molar-refractivity contribution >= 4 is 11.6 Å². The lowest BCUT2D eigenvalue weighted by Crippen LogP contribution is -2.43. The van der Waals surface area contributed by atoms with E-state index in [-0.39, 0.29) is 11.9 Å². The van der Waals surface area contributed by atoms with Gasteiger partial charge < -0.3 is 15.5 Å². The number of benzene rings is 1. The molecule has 18 heavy (non-hydrogen) atoms. The van der Waals surface area contributed by atoms with Gasteiger partial charge in [0.15, 0.2) is 0 Å². The molecular weight excluding hydrogens is 226 g/mol. The van der Waals surface area contributed by atoms with E-state index < -0.39 is 0 Å². The Kier molecular flexibility index (Phi) is 3.19. The van der Waals surface area contributed by atoms with E-state index in [4.69, 9.17) is 0 Å². The molecule has 0 unspecified atom stereocenters. The lowest BCUT2D eigenvalue weighted by Gasteiger charge is -2.23. The summed E-state index contributed by atoms with van der Waals surface area (Å²) in [5.74, 6) is 0.245. The first-order chi connectivity index (χ1) is 8.84. The SMILES string of the molecule is O=C([C@@H]1Cc2ccccc2N1)N1CCCNCC1. The Morgan fingerprint density at radius 3 is 3.00 bits per heavy atom. The zero-order chi connectivity index (χ0) is 12.4. The van der Waals surface area contributed by atoms with E-state index in [9.17, 15) is 4.79 Å². The minimum atomic E-state index is -0.0690. The Balaban J connectivity index is 1.68. The number of nitrogens with one attached hydrogen (secondary N) is 2. The van der Waals surface area contributed by atoms with Crippen molar-refractivity contribution in [2.75, 3.05) is 31.5 Å². The molecule has 1 aromatic rings. The Labute approximate surface area is 107 Å². The van der Waals surface area contributed by atoms with Crippen LogP contribution in [0.15, 0.2) is 24.3 Å². The number of hydrogen-bond acceptors (Lipinski definition) is 3. The summed E-state index contributed by atoms with van der Waals surface area (Å²) in [7, 11) is 0. The monoisotopic (exact) mass is 245 g/mol. The molecule has 0 spiro atoms. The normalized spacial score (nSPS) is 23.1. The highest BCUT2D eigenvalue weighted by molar-refractivity contribution is 5.87. The number of para-hydroxylation sites is 1. The van der Waals surface area contributed by atoms with Crippen LogP contribution in [0, 0.1) is 0 Å². The first kappa shape index (κ1) is 11.5. The number of nitrogens with zero attached hydrogens (tertiary/aromatic N) is 1. The van der Waals surface area contributed by atoms with E-state index in [0.29, 0.717) is 0 Å². The first-order valence-electron chi connectivity index (χ1n) is 6.68. The topological polar surface area (TPSA) is 44.4 Å². The third-order valence-electron chi connectivity index (χ3n) is 3.72. The number of rotatable bonds is 1. The molecule has 0 radical (unpaired) electrons. The maximum absolute atomic E-state index is 12.5. The molecule has 4 nitrogen and oxygen atoms in total. The third kappa shape index (κ3) is 2.20. The van der Waals surface area contributed by atoms with E-state index >= 15 is 0 Å². The Morgan fingerprint density at radius 1 is 1.22 bits per heavy atom. The second kappa shape index (κ2) is 4.98. The number of hydrogen-bond donors (Lipinski definition) is 2. The fourth-order valence-electron chi connectivity index (χ4n) is 2.73. The molecule has 2 N–H and O–H groups in total. The van der Waals surface area contributed by atoms with E-state index in [1.807, 2.05) is 23.1 Å². The summed E-state index contributed by atoms with van der Waals surface area (Å²) in [5, 5.41) is 6.67. The summed E-state index contributed by atoms with van der Waals surface area (Å²) >= 11 is 0. The van der Waals surface area contributed by atoms with Crippen molar-refractivity contribution in [3.63, 3.8) is 0 Å². The van der Waals surface area contributed by atoms with Crippen LogP contribution in [0.4, 0.5) is 5.69 Å². The van der Waals surface area contributed by atoms with Gasteiger partial charge in [-0.15, -0.1) is 0 Å². The lowest BCUT2D eigenvalue weighted by atomic mass is 10.1. The molecule has 2 heterocycles. The molecular formula is C14H19N3O. The second-order valence-corrected chi connectivity index (χ2v) is 4.99. The van der Waals surface area contributed by atoms with Gasteiger partial charge >= 0.3 is 0 Å². The van der Waals surface area contributed by atoms with Gasteiger partial charge in [-0.05, 0) is 24.6 Å². The van der Waals surface area contributed by atoms with Crippen LogP contribution in [0.25, 0.3) is 0 Å². The Bertz CT molecular complexity index is 413. The van der Waals surface area contributed by atoms with Crippen molar-refractivity contribution in [1.82, 2.24) is 10.2 Å². The molecule has 2 aliphatic rings. The average Bonchev–Trinajstić information content (AvgIpc) is 2.64. The van der Waals surface area contributed by atoms with Crippen molar-refractivity contribution in [1.29, 1.82) is 0 Å². The fourth-order valence-corrected chi connectivity index (χ4v) is 2.73. The van der Waals surface area contributed by atoms with E-state index in [1.54, 1.807) is 0 Å². The van der Waals surface area contributed by atoms with E-state index in [1.165, 1.54) is 5.56 Å². The number of amides is 1. The minimum absolute atomic E-state index is 0.0690. The van der Waals surface area contributed by atoms with Crippen molar-refractivity contribution in [3.05, 3.63) is 29.8 Å². The summed E-state index contributed by atoms with van der Waals surface area (Å²) in [5.41, 5.74) is 2.37. The van der Waals surface area contributed by atoms with Gasteiger partial charge in [-0.25, -0.2) is 0 Å². The van der Waals surface area contributed by atoms with Gasteiger partial charge in [-0.1, -0.05) is 18.2 Å². The maximum atomic E-state index is 12.5. The van der Waals surface area contributed by atoms with Gasteiger partial charge in [0, 0.05) is 31.7 Å². The third-order valence-corrected chi connectivity index (χ3v) is 3.72. The molecule has 0 bridgehead atoms. The molecule has 1 amide bonds. The predicted octanol–water partition coefficient (Wildman–Crippen LogP) is 0.845. The van der Waals surface area contributed by atoms with Crippen LogP contribution in [0.5, 0.6) is 0 Å². The van der Waals surface area contributed by atoms with Crippen molar-refractivity contribution in [2.45, 2.75) is 18.9 Å². The molecule has 2 aliphatic heterocycles. The van der Waals surface area contributed by atoms with Crippen molar-refractivity contribution in [3.8, 4) is 0 Å². The van der Waals surface area contributed by atoms with E-state index in [0.717, 1.165) is 44.7 Å². The van der Waals surface area contributed by atoms with Gasteiger partial charge in [0.2, 0.25) is 5.91 Å². The zero-order valence-electron chi connectivity index (χ0n) is 10.5. The minimum Gasteiger partial charge on any atom is -0.373 e. The first-order valence-corrected chi connectivity index (χ1v) is 6.68. The molecule has 1 atom stereocenters. The number of fused-ring (bicyclic) bond motifs is 1. The fraction of sp³-hybridized carbons (Fsp3) is 0.500. The standard InChI is InChI=1S/C14H19N3O/c18-14(17-8-3-6-15-7-9-17)13-10-11-4-1-2-5-12(11)16-13/h1-2,4-5,13,15-16H,3,6-10H2/t13-/m0/s1. The molecule has 0 aliphatic carbocycles. The quantitative estimate of drug-likeness (QED) is 0.771. The number of carbonyl (C=O) groups is 1. The summed E-state index contributed by atoms with van der Waals surface area (Å²) in [6.45, 7) is 3.63. The summed E-state index contributed by atoms with van der Waals surface area (Å²) < 4.78 is 0. The smallest absolute Gasteiger partial charge is 0.245 e. The molecule has 1 fully saturated rings. The lowest BCUT2D eigenvalue weighted by molar-refractivity contribution is -0.131. The van der Waals surface area contributed by atoms with Crippen LogP contribution in [0.1, 0.15) is 12.0 Å². The van der Waals surface area contributed by atoms with Crippen LogP contribution in [-0.2, 0) is 11.2 Å². The van der Waals surface area contributed by atoms with Gasteiger partial charge in [0.05, 0.1) is 0 Å². The molecule has 1 saturated heterocycles. The molecule has 0 saturated carbocycles. The van der Waals surface area contributed by atoms with Crippen molar-refractivity contribution < 1.29 is 4.79 Å². The van der Waals surface area contributed by atoms with Gasteiger partial charge in [-0.3, -0.25) is 4.79 Å². The number of carbonyl (C=O) groups excluding carboxylic acids is 1. The number of anilines is 1. The highest BCUT2D eigenvalue weighted by Gasteiger charge is 2.29. The van der Waals surface area contributed by atoms with Gasteiger partial charge in [-0.2, -0.15) is 0 Å². The summed E-state index contributed by atoms with van der Waals surface area (Å²) in [6.07, 6.45) is 1.87. The highest BCUT2D eigenvalue weighted by Crippen LogP contribution is 2.26. The largest absolute Gasteiger partial charge is 0.373 e. The molecule has 4 heteroatoms. The van der Waals surface area contributed by atoms with Crippen molar-refractivity contribution in [2.24, 2.45) is 0 Å². The molecule has 3 rings (SSSR count). The zero-order valence-corrected chi connectivity index (χ0v) is 10.5. The summed E-state index contributed by atoms with van der Waals surface area (Å²) in [4.78, 5) is 14.4. The van der Waals surface area contributed by atoms with Crippen LogP contribution in [0.2, 0.25) is 0 Å². The molecule has 1 aromatic carbocycles. The van der Waals surface area contributed by atoms with Crippen LogP contribution in [-0.4, -0.2) is 43.0 Å². The molecule has 96 valence electrons. The second-order valence-electron chi connectivity index (χ2n) is 4.99. The Hall–Kier alpha value is -1.55. The predicted molar refractivity (Wildman–Crippen MR) is 71.6 cm³/mol. The van der Waals surface area contributed by atoms with Gasteiger partial charge in [0.1, 0.15) is 6.04 Å². The van der Waals surface area contributed by atoms with Crippen LogP contribution < -0.4 is 10.6 Å². The summed E-state index contributed by atoms with van der Waals surface area (Å²) in [6, 6.07) is 8.12.